The Bertz CT molecular complexity index is 1220. The number of nitrogens with two attached hydrogens (primary N) is 1. The van der Waals surface area contributed by atoms with Gasteiger partial charge >= 0.3 is 12.6 Å². The van der Waals surface area contributed by atoms with E-state index in [4.69, 9.17) is 9.88 Å². The number of hydrogen-bond donors (Lipinski definition) is 2. The van der Waals surface area contributed by atoms with Crippen LogP contribution in [-0.2, 0) is 40.5 Å². The van der Waals surface area contributed by atoms with Crippen molar-refractivity contribution in [3.05, 3.63) is 34.5 Å². The fourth-order valence-electron chi connectivity index (χ4n) is 5.02. The third-order valence-electron chi connectivity index (χ3n) is 6.40. The molecule has 0 saturated heterocycles. The number of aryl methyl sites for hydroxylation is 3. The number of carbonyl (C=O) groups excluding carboxylic acids is 1. The molecule has 2 unspecified atom stereocenters. The second-order valence-electron chi connectivity index (χ2n) is 8.47. The summed E-state index contributed by atoms with van der Waals surface area (Å²) >= 11 is 0. The minimum Gasteiger partial charge on any atom is -0.477 e. The summed E-state index contributed by atoms with van der Waals surface area (Å²) in [5.41, 5.74) is 4.48. The monoisotopic (exact) mass is 481 g/mol. The molecule has 1 aromatic carbocycles. The highest BCUT2D eigenvalue weighted by Crippen LogP contribution is 2.44. The van der Waals surface area contributed by atoms with E-state index in [1.165, 1.54) is 6.20 Å². The van der Waals surface area contributed by atoms with Crippen molar-refractivity contribution in [3.63, 3.8) is 0 Å². The van der Waals surface area contributed by atoms with E-state index in [1.807, 2.05) is 0 Å². The molecule has 0 radical (unpaired) electrons. The van der Waals surface area contributed by atoms with Crippen LogP contribution in [0.1, 0.15) is 47.4 Å². The molecule has 2 aromatic rings. The van der Waals surface area contributed by atoms with Crippen LogP contribution in [0.5, 0.6) is 5.88 Å². The van der Waals surface area contributed by atoms with Gasteiger partial charge in [0.25, 0.3) is 0 Å². The molecule has 33 heavy (non-hydrogen) atoms. The number of hydrogen-bond acceptors (Lipinski definition) is 5. The first-order valence-corrected chi connectivity index (χ1v) is 12.5. The van der Waals surface area contributed by atoms with Crippen LogP contribution < -0.4 is 15.2 Å². The number of aromatic nitrogens is 2. The molecule has 2 amide bonds. The van der Waals surface area contributed by atoms with Crippen LogP contribution in [0.15, 0.2) is 21.5 Å². The lowest BCUT2D eigenvalue weighted by Gasteiger charge is -2.20. The number of anilines is 1. The third kappa shape index (κ3) is 4.22. The van der Waals surface area contributed by atoms with E-state index < -0.39 is 22.6 Å². The van der Waals surface area contributed by atoms with Crippen molar-refractivity contribution in [1.29, 1.82) is 0 Å². The molecule has 1 aromatic heterocycles. The fourth-order valence-corrected chi connectivity index (χ4v) is 6.02. The Morgan fingerprint density at radius 3 is 3.03 bits per heavy atom. The van der Waals surface area contributed by atoms with E-state index in [0.29, 0.717) is 31.7 Å². The molecule has 2 heterocycles. The number of benzene rings is 1. The van der Waals surface area contributed by atoms with E-state index in [1.54, 1.807) is 4.68 Å². The zero-order valence-corrected chi connectivity index (χ0v) is 18.7. The van der Waals surface area contributed by atoms with Gasteiger partial charge in [-0.2, -0.15) is 13.9 Å². The summed E-state index contributed by atoms with van der Waals surface area (Å²) in [4.78, 5) is 13.0. The number of urea groups is 1. The van der Waals surface area contributed by atoms with Gasteiger partial charge in [0.1, 0.15) is 4.90 Å². The lowest BCUT2D eigenvalue weighted by Crippen LogP contribution is -2.21. The zero-order chi connectivity index (χ0) is 23.2. The molecule has 1 aliphatic heterocycles. The quantitative estimate of drug-likeness (QED) is 0.678. The predicted molar refractivity (Wildman–Crippen MR) is 116 cm³/mol. The molecule has 3 N–H and O–H groups in total. The van der Waals surface area contributed by atoms with Gasteiger partial charge in [-0.05, 0) is 54.4 Å². The van der Waals surface area contributed by atoms with Gasteiger partial charge in [0.15, 0.2) is 9.92 Å². The summed E-state index contributed by atoms with van der Waals surface area (Å²) < 4.78 is 53.9. The molecule has 0 bridgehead atoms. The molecule has 0 fully saturated rings. The van der Waals surface area contributed by atoms with Gasteiger partial charge in [0, 0.05) is 24.6 Å². The van der Waals surface area contributed by atoms with Gasteiger partial charge in [-0.3, -0.25) is 0 Å². The summed E-state index contributed by atoms with van der Waals surface area (Å²) in [6.45, 7) is -1.97. The molecule has 2 atom stereocenters. The minimum atomic E-state index is -3.61. The van der Waals surface area contributed by atoms with Gasteiger partial charge in [-0.25, -0.2) is 18.8 Å². The molecule has 9 nitrogen and oxygen atoms in total. The molecule has 2 aliphatic carbocycles. The normalized spacial score (nSPS) is 20.5. The minimum absolute atomic E-state index is 0.0732. The van der Waals surface area contributed by atoms with Crippen LogP contribution in [0, 0.1) is 0 Å². The van der Waals surface area contributed by atoms with Gasteiger partial charge in [0.05, 0.1) is 19.4 Å². The Labute approximate surface area is 189 Å². The predicted octanol–water partition coefficient (Wildman–Crippen LogP) is 3.36. The van der Waals surface area contributed by atoms with E-state index in [-0.39, 0.29) is 23.3 Å². The van der Waals surface area contributed by atoms with Gasteiger partial charge in [0.2, 0.25) is 5.88 Å². The van der Waals surface area contributed by atoms with Crippen molar-refractivity contribution in [2.24, 2.45) is 9.50 Å². The lowest BCUT2D eigenvalue weighted by atomic mass is 9.94. The molecule has 3 aliphatic rings. The maximum absolute atomic E-state index is 13.1. The molecular formula is C21H25F2N5O4S. The van der Waals surface area contributed by atoms with Crippen molar-refractivity contribution >= 4 is 21.6 Å². The first kappa shape index (κ1) is 22.2. The summed E-state index contributed by atoms with van der Waals surface area (Å²) in [5, 5.41) is 12.9. The third-order valence-corrected chi connectivity index (χ3v) is 7.75. The largest absolute Gasteiger partial charge is 0.477 e. The van der Waals surface area contributed by atoms with Crippen molar-refractivity contribution < 1.29 is 27.3 Å². The van der Waals surface area contributed by atoms with Crippen molar-refractivity contribution in [2.45, 2.75) is 62.5 Å². The fraction of sp³-hybridized carbons (Fsp3) is 0.524. The average molecular weight is 482 g/mol. The van der Waals surface area contributed by atoms with Crippen molar-refractivity contribution in [2.75, 3.05) is 18.5 Å². The van der Waals surface area contributed by atoms with Gasteiger partial charge < -0.3 is 14.8 Å². The van der Waals surface area contributed by atoms with E-state index >= 15 is 0 Å². The van der Waals surface area contributed by atoms with E-state index in [2.05, 4.69) is 25.6 Å². The Morgan fingerprint density at radius 2 is 2.21 bits per heavy atom. The summed E-state index contributed by atoms with van der Waals surface area (Å²) in [5.74, 6) is -0.00969. The number of nitrogens with zero attached hydrogens (tertiary/aromatic N) is 3. The van der Waals surface area contributed by atoms with Crippen LogP contribution in [0.4, 0.5) is 19.3 Å². The maximum atomic E-state index is 13.1. The summed E-state index contributed by atoms with van der Waals surface area (Å²) in [6, 6.07) is 1.25. The average Bonchev–Trinajstić information content (AvgIpc) is 3.49. The number of ether oxygens (including phenoxy) is 2. The lowest BCUT2D eigenvalue weighted by molar-refractivity contribution is -0.132. The SMILES string of the molecule is NS(=O)(=NC(=O)Nc1c2c(cc3c1C(COC(F)F)CC3)CCC2)c1cnn2c1OCCC2. The zero-order valence-electron chi connectivity index (χ0n) is 17.9. The summed E-state index contributed by atoms with van der Waals surface area (Å²) in [6.07, 6.45) is 6.02. The van der Waals surface area contributed by atoms with Crippen LogP contribution >= 0.6 is 0 Å². The number of carbonyl (C=O) groups is 1. The highest BCUT2D eigenvalue weighted by Gasteiger charge is 2.32. The number of nitrogens with one attached hydrogen (secondary N) is 1. The maximum Gasteiger partial charge on any atom is 0.354 e. The van der Waals surface area contributed by atoms with Crippen LogP contribution in [0.25, 0.3) is 0 Å². The molecular weight excluding hydrogens is 456 g/mol. The molecule has 0 saturated carbocycles. The number of alkyl halides is 2. The molecule has 5 rings (SSSR count). The molecule has 178 valence electrons. The standard InChI is InChI=1S/C21H25F2N5O4S/c22-20(23)32-11-14-6-5-13-9-12-3-1-4-15(12)18(17(13)14)26-21(29)27-33(24,30)16-10-25-28-7-2-8-31-19(16)28/h9-10,14,20H,1-8,11H2,(H3,24,26,27,29,30). The van der Waals surface area contributed by atoms with Crippen molar-refractivity contribution in [3.8, 4) is 5.88 Å². The summed E-state index contributed by atoms with van der Waals surface area (Å²) in [7, 11) is -3.61. The highest BCUT2D eigenvalue weighted by atomic mass is 32.2. The first-order valence-electron chi connectivity index (χ1n) is 11.0. The second-order valence-corrected chi connectivity index (χ2v) is 10.2. The van der Waals surface area contributed by atoms with E-state index in [0.717, 1.165) is 47.9 Å². The Morgan fingerprint density at radius 1 is 1.36 bits per heavy atom. The van der Waals surface area contributed by atoms with Gasteiger partial charge in [-0.1, -0.05) is 6.07 Å². The second kappa shape index (κ2) is 8.65. The first-order chi connectivity index (χ1) is 15.8. The van der Waals surface area contributed by atoms with Gasteiger partial charge in [-0.15, -0.1) is 4.36 Å². The van der Waals surface area contributed by atoms with Crippen LogP contribution in [0.2, 0.25) is 0 Å². The van der Waals surface area contributed by atoms with Crippen molar-refractivity contribution in [1.82, 2.24) is 9.78 Å². The Hall–Kier alpha value is -2.57. The van der Waals surface area contributed by atoms with E-state index in [9.17, 15) is 17.8 Å². The topological polar surface area (TPSA) is 121 Å². The number of fused-ring (bicyclic) bond motifs is 3. The number of rotatable bonds is 5. The Kier molecular flexibility index (Phi) is 5.83. The highest BCUT2D eigenvalue weighted by molar-refractivity contribution is 7.91. The Balaban J connectivity index is 1.47. The smallest absolute Gasteiger partial charge is 0.354 e. The van der Waals surface area contributed by atoms with Crippen LogP contribution in [0.3, 0.4) is 0 Å². The molecule has 12 heteroatoms. The molecule has 0 spiro atoms. The van der Waals surface area contributed by atoms with Crippen LogP contribution in [-0.4, -0.2) is 39.8 Å². The number of halogens is 2. The number of amides is 2.